The van der Waals surface area contributed by atoms with Crippen LogP contribution in [0.15, 0.2) is 24.3 Å². The zero-order valence-corrected chi connectivity index (χ0v) is 7.58. The van der Waals surface area contributed by atoms with E-state index in [0.29, 0.717) is 12.1 Å². The summed E-state index contributed by atoms with van der Waals surface area (Å²) in [5.74, 6) is 0. The van der Waals surface area contributed by atoms with E-state index >= 15 is 0 Å². The SMILES string of the molecule is FC(F)(F)NNc1ccc(C(F)(F)F)cc1. The van der Waals surface area contributed by atoms with Crippen LogP contribution in [0.4, 0.5) is 32.0 Å². The fourth-order valence-corrected chi connectivity index (χ4v) is 0.886. The van der Waals surface area contributed by atoms with Crippen LogP contribution in [0.3, 0.4) is 0 Å². The van der Waals surface area contributed by atoms with Crippen LogP contribution in [-0.4, -0.2) is 6.30 Å². The molecular weight excluding hydrogens is 238 g/mol. The third-order valence-electron chi connectivity index (χ3n) is 1.56. The Labute approximate surface area is 86.2 Å². The first-order valence-electron chi connectivity index (χ1n) is 3.96. The molecule has 0 aromatic heterocycles. The molecule has 90 valence electrons. The average molecular weight is 244 g/mol. The Balaban J connectivity index is 2.66. The predicted molar refractivity (Wildman–Crippen MR) is 44.3 cm³/mol. The standard InChI is InChI=1S/C8H6F6N2/c9-7(10,11)5-1-3-6(4-2-5)15-16-8(12,13)14/h1-4,15-16H. The molecule has 0 spiro atoms. The Morgan fingerprint density at radius 3 is 1.69 bits per heavy atom. The van der Waals surface area contributed by atoms with Gasteiger partial charge in [-0.25, -0.2) is 0 Å². The summed E-state index contributed by atoms with van der Waals surface area (Å²) >= 11 is 0. The van der Waals surface area contributed by atoms with Crippen molar-refractivity contribution >= 4 is 5.69 Å². The second-order valence-corrected chi connectivity index (χ2v) is 2.82. The molecule has 2 nitrogen and oxygen atoms in total. The first-order valence-corrected chi connectivity index (χ1v) is 3.96. The molecule has 0 radical (unpaired) electrons. The smallest absolute Gasteiger partial charge is 0.314 e. The third kappa shape index (κ3) is 3.97. The summed E-state index contributed by atoms with van der Waals surface area (Å²) in [6, 6.07) is 3.14. The number of nitrogens with one attached hydrogen (secondary N) is 2. The molecule has 0 aliphatic heterocycles. The molecule has 8 heteroatoms. The second-order valence-electron chi connectivity index (χ2n) is 2.82. The summed E-state index contributed by atoms with van der Waals surface area (Å²) in [5, 5.41) is 0. The predicted octanol–water partition coefficient (Wildman–Crippen LogP) is 3.14. The lowest BCUT2D eigenvalue weighted by Crippen LogP contribution is -2.36. The van der Waals surface area contributed by atoms with Crippen molar-refractivity contribution in [3.8, 4) is 0 Å². The number of benzene rings is 1. The third-order valence-corrected chi connectivity index (χ3v) is 1.56. The highest BCUT2D eigenvalue weighted by molar-refractivity contribution is 5.44. The Hall–Kier alpha value is -1.44. The van der Waals surface area contributed by atoms with Gasteiger partial charge in [-0.2, -0.15) is 26.3 Å². The monoisotopic (exact) mass is 244 g/mol. The van der Waals surface area contributed by atoms with Gasteiger partial charge in [0, 0.05) is 5.69 Å². The van der Waals surface area contributed by atoms with Gasteiger partial charge in [-0.1, -0.05) is 0 Å². The molecule has 1 aromatic rings. The number of alkyl halides is 6. The number of hydrazine groups is 1. The number of rotatable bonds is 2. The maximum absolute atomic E-state index is 12.1. The van der Waals surface area contributed by atoms with E-state index in [4.69, 9.17) is 0 Å². The number of anilines is 1. The Kier molecular flexibility index (Phi) is 3.32. The van der Waals surface area contributed by atoms with E-state index in [1.165, 1.54) is 0 Å². The minimum absolute atomic E-state index is 0.120. The molecule has 1 aromatic carbocycles. The normalized spacial score (nSPS) is 12.6. The summed E-state index contributed by atoms with van der Waals surface area (Å²) in [6.45, 7) is 0. The lowest BCUT2D eigenvalue weighted by atomic mass is 10.2. The molecule has 0 aliphatic rings. The molecule has 1 rings (SSSR count). The highest BCUT2D eigenvalue weighted by Crippen LogP contribution is 2.29. The maximum Gasteiger partial charge on any atom is 0.474 e. The van der Waals surface area contributed by atoms with Gasteiger partial charge in [0.15, 0.2) is 0 Å². The van der Waals surface area contributed by atoms with Crippen LogP contribution in [0, 0.1) is 0 Å². The summed E-state index contributed by atoms with van der Waals surface area (Å²) < 4.78 is 71.2. The van der Waals surface area contributed by atoms with E-state index in [2.05, 4.69) is 0 Å². The van der Waals surface area contributed by atoms with Crippen LogP contribution in [-0.2, 0) is 6.18 Å². The summed E-state index contributed by atoms with van der Waals surface area (Å²) in [6.07, 6.45) is -9.15. The molecule has 0 bridgehead atoms. The van der Waals surface area contributed by atoms with Crippen LogP contribution in [0.2, 0.25) is 0 Å². The van der Waals surface area contributed by atoms with Gasteiger partial charge in [-0.15, -0.1) is 5.43 Å². The van der Waals surface area contributed by atoms with Crippen LogP contribution in [0.5, 0.6) is 0 Å². The fraction of sp³-hybridized carbons (Fsp3) is 0.250. The van der Waals surface area contributed by atoms with E-state index in [0.717, 1.165) is 17.6 Å². The van der Waals surface area contributed by atoms with Gasteiger partial charge in [0.1, 0.15) is 0 Å². The first kappa shape index (κ1) is 12.6. The topological polar surface area (TPSA) is 24.1 Å². The van der Waals surface area contributed by atoms with Crippen molar-refractivity contribution in [3.05, 3.63) is 29.8 Å². The quantitative estimate of drug-likeness (QED) is 0.474. The van der Waals surface area contributed by atoms with Gasteiger partial charge >= 0.3 is 12.5 Å². The van der Waals surface area contributed by atoms with E-state index in [9.17, 15) is 26.3 Å². The molecule has 0 atom stereocenters. The lowest BCUT2D eigenvalue weighted by molar-refractivity contribution is -0.151. The fourth-order valence-electron chi connectivity index (χ4n) is 0.886. The minimum atomic E-state index is -4.65. The maximum atomic E-state index is 12.1. The Morgan fingerprint density at radius 2 is 1.31 bits per heavy atom. The number of halogens is 6. The number of hydrogen-bond donors (Lipinski definition) is 2. The van der Waals surface area contributed by atoms with Gasteiger partial charge in [-0.3, -0.25) is 0 Å². The zero-order valence-electron chi connectivity index (χ0n) is 7.58. The number of hydrogen-bond acceptors (Lipinski definition) is 2. The lowest BCUT2D eigenvalue weighted by Gasteiger charge is -2.12. The van der Waals surface area contributed by atoms with Gasteiger partial charge < -0.3 is 5.43 Å². The van der Waals surface area contributed by atoms with Crippen LogP contribution < -0.4 is 10.9 Å². The Morgan fingerprint density at radius 1 is 0.812 bits per heavy atom. The highest BCUT2D eigenvalue weighted by Gasteiger charge is 2.30. The van der Waals surface area contributed by atoms with Gasteiger partial charge in [0.2, 0.25) is 0 Å². The molecule has 0 heterocycles. The van der Waals surface area contributed by atoms with E-state index < -0.39 is 18.0 Å². The van der Waals surface area contributed by atoms with E-state index in [-0.39, 0.29) is 5.69 Å². The minimum Gasteiger partial charge on any atom is -0.314 e. The van der Waals surface area contributed by atoms with Crippen molar-refractivity contribution in [3.63, 3.8) is 0 Å². The average Bonchev–Trinajstić information content (AvgIpc) is 2.13. The van der Waals surface area contributed by atoms with Gasteiger partial charge in [0.05, 0.1) is 5.56 Å². The molecule has 16 heavy (non-hydrogen) atoms. The Bertz CT molecular complexity index is 339. The molecule has 0 saturated carbocycles. The first-order chi connectivity index (χ1) is 7.18. The van der Waals surface area contributed by atoms with Gasteiger partial charge in [-0.05, 0) is 24.3 Å². The van der Waals surface area contributed by atoms with Crippen molar-refractivity contribution in [2.45, 2.75) is 12.5 Å². The highest BCUT2D eigenvalue weighted by atomic mass is 19.4. The van der Waals surface area contributed by atoms with Crippen LogP contribution in [0.25, 0.3) is 0 Å². The second kappa shape index (κ2) is 4.20. The molecule has 0 fully saturated rings. The van der Waals surface area contributed by atoms with Crippen LogP contribution in [0.1, 0.15) is 5.56 Å². The largest absolute Gasteiger partial charge is 0.474 e. The molecule has 0 saturated heterocycles. The van der Waals surface area contributed by atoms with Crippen molar-refractivity contribution in [1.29, 1.82) is 0 Å². The summed E-state index contributed by atoms with van der Waals surface area (Å²) in [7, 11) is 0. The zero-order chi connectivity index (χ0) is 12.4. The van der Waals surface area contributed by atoms with Crippen molar-refractivity contribution in [1.82, 2.24) is 5.43 Å². The summed E-state index contributed by atoms with van der Waals surface area (Å²) in [5.41, 5.74) is 1.64. The molecular formula is C8H6F6N2. The van der Waals surface area contributed by atoms with E-state index in [1.807, 2.05) is 0 Å². The van der Waals surface area contributed by atoms with Crippen molar-refractivity contribution in [2.75, 3.05) is 5.43 Å². The van der Waals surface area contributed by atoms with Crippen molar-refractivity contribution in [2.24, 2.45) is 0 Å². The van der Waals surface area contributed by atoms with Gasteiger partial charge in [0.25, 0.3) is 0 Å². The van der Waals surface area contributed by atoms with Crippen LogP contribution >= 0.6 is 0 Å². The van der Waals surface area contributed by atoms with E-state index in [1.54, 1.807) is 5.43 Å². The molecule has 2 N–H and O–H groups in total. The molecule has 0 unspecified atom stereocenters. The molecule has 0 aliphatic carbocycles. The van der Waals surface area contributed by atoms with Crippen molar-refractivity contribution < 1.29 is 26.3 Å². The summed E-state index contributed by atoms with van der Waals surface area (Å²) in [4.78, 5) is 0. The molecule has 0 amide bonds.